The molecule has 1 saturated carbocycles. The Labute approximate surface area is 125 Å². The predicted octanol–water partition coefficient (Wildman–Crippen LogP) is 4.29. The van der Waals surface area contributed by atoms with Crippen LogP contribution >= 0.6 is 0 Å². The quantitative estimate of drug-likeness (QED) is 0.810. The summed E-state index contributed by atoms with van der Waals surface area (Å²) >= 11 is 0. The van der Waals surface area contributed by atoms with Crippen LogP contribution in [-0.2, 0) is 0 Å². The van der Waals surface area contributed by atoms with Crippen molar-refractivity contribution in [2.24, 2.45) is 5.41 Å². The summed E-state index contributed by atoms with van der Waals surface area (Å²) in [5.41, 5.74) is 0.0834. The van der Waals surface area contributed by atoms with E-state index in [1.54, 1.807) is 0 Å². The van der Waals surface area contributed by atoms with Gasteiger partial charge in [0, 0.05) is 23.9 Å². The zero-order valence-corrected chi connectivity index (χ0v) is 13.1. The molecule has 1 N–H and O–H groups in total. The van der Waals surface area contributed by atoms with Gasteiger partial charge >= 0.3 is 0 Å². The number of rotatable bonds is 7. The van der Waals surface area contributed by atoms with E-state index in [0.29, 0.717) is 11.8 Å². The summed E-state index contributed by atoms with van der Waals surface area (Å²) in [7, 11) is 0. The molecule has 118 valence electrons. The Hall–Kier alpha value is -1.16. The Morgan fingerprint density at radius 2 is 1.90 bits per heavy atom. The molecule has 0 saturated heterocycles. The van der Waals surface area contributed by atoms with Gasteiger partial charge in [0.05, 0.1) is 0 Å². The van der Waals surface area contributed by atoms with Crippen LogP contribution in [0.25, 0.3) is 0 Å². The van der Waals surface area contributed by atoms with E-state index in [-0.39, 0.29) is 11.5 Å². The van der Waals surface area contributed by atoms with Gasteiger partial charge in [0.15, 0.2) is 11.6 Å². The summed E-state index contributed by atoms with van der Waals surface area (Å²) in [6.07, 6.45) is 4.11. The molecule has 0 aromatic heterocycles. The highest BCUT2D eigenvalue weighted by Gasteiger charge is 2.53. The zero-order chi connectivity index (χ0) is 15.5. The Balaban J connectivity index is 2.07. The van der Waals surface area contributed by atoms with Crippen molar-refractivity contribution in [1.29, 1.82) is 0 Å². The minimum Gasteiger partial charge on any atom is -0.490 e. The van der Waals surface area contributed by atoms with Crippen LogP contribution in [-0.4, -0.2) is 18.7 Å². The van der Waals surface area contributed by atoms with Gasteiger partial charge < -0.3 is 10.1 Å². The second-order valence-electron chi connectivity index (χ2n) is 5.87. The Kier molecular flexibility index (Phi) is 5.20. The van der Waals surface area contributed by atoms with Gasteiger partial charge in [-0.15, -0.1) is 0 Å². The Morgan fingerprint density at radius 3 is 2.48 bits per heavy atom. The first-order valence-electron chi connectivity index (χ1n) is 7.92. The first-order valence-corrected chi connectivity index (χ1v) is 7.92. The molecule has 2 unspecified atom stereocenters. The highest BCUT2D eigenvalue weighted by molar-refractivity contribution is 5.25. The van der Waals surface area contributed by atoms with Gasteiger partial charge in [-0.2, -0.15) is 0 Å². The van der Waals surface area contributed by atoms with Crippen LogP contribution in [0.5, 0.6) is 5.75 Å². The largest absolute Gasteiger partial charge is 0.490 e. The van der Waals surface area contributed by atoms with Gasteiger partial charge in [0.1, 0.15) is 11.9 Å². The maximum absolute atomic E-state index is 13.3. The van der Waals surface area contributed by atoms with E-state index >= 15 is 0 Å². The van der Waals surface area contributed by atoms with Crippen LogP contribution < -0.4 is 10.1 Å². The van der Waals surface area contributed by atoms with Crippen LogP contribution in [0.2, 0.25) is 0 Å². The molecule has 0 heterocycles. The average Bonchev–Trinajstić information content (AvgIpc) is 2.47. The molecule has 1 aromatic rings. The van der Waals surface area contributed by atoms with Crippen molar-refractivity contribution in [3.05, 3.63) is 29.8 Å². The molecule has 1 aliphatic rings. The van der Waals surface area contributed by atoms with E-state index in [1.807, 2.05) is 0 Å². The monoisotopic (exact) mass is 297 g/mol. The number of halogens is 2. The minimum atomic E-state index is -0.855. The molecule has 4 heteroatoms. The molecular weight excluding hydrogens is 272 g/mol. The number of nitrogens with one attached hydrogen (secondary N) is 1. The van der Waals surface area contributed by atoms with E-state index in [1.165, 1.54) is 6.07 Å². The second-order valence-corrected chi connectivity index (χ2v) is 5.87. The lowest BCUT2D eigenvalue weighted by Gasteiger charge is -2.55. The lowest BCUT2D eigenvalue weighted by Crippen LogP contribution is -2.64. The lowest BCUT2D eigenvalue weighted by atomic mass is 9.58. The third-order valence-electron chi connectivity index (χ3n) is 4.91. The molecule has 0 bridgehead atoms. The summed E-state index contributed by atoms with van der Waals surface area (Å²) < 4.78 is 32.2. The molecule has 0 amide bonds. The van der Waals surface area contributed by atoms with E-state index in [0.717, 1.165) is 44.4 Å². The summed E-state index contributed by atoms with van der Waals surface area (Å²) in [6.45, 7) is 7.50. The zero-order valence-electron chi connectivity index (χ0n) is 13.1. The Bertz CT molecular complexity index is 474. The van der Waals surface area contributed by atoms with Gasteiger partial charge in [-0.3, -0.25) is 0 Å². The fourth-order valence-corrected chi connectivity index (χ4v) is 3.43. The van der Waals surface area contributed by atoms with Crippen molar-refractivity contribution in [1.82, 2.24) is 5.32 Å². The van der Waals surface area contributed by atoms with Crippen LogP contribution in [0.4, 0.5) is 8.78 Å². The first kappa shape index (κ1) is 16.2. The molecule has 1 fully saturated rings. The van der Waals surface area contributed by atoms with Crippen molar-refractivity contribution in [3.8, 4) is 5.75 Å². The maximum Gasteiger partial charge on any atom is 0.162 e. The topological polar surface area (TPSA) is 21.3 Å². The third-order valence-corrected chi connectivity index (χ3v) is 4.91. The van der Waals surface area contributed by atoms with Gasteiger partial charge in [0.2, 0.25) is 0 Å². The highest BCUT2D eigenvalue weighted by atomic mass is 19.2. The summed E-state index contributed by atoms with van der Waals surface area (Å²) in [6, 6.07) is 4.21. The van der Waals surface area contributed by atoms with Crippen LogP contribution in [0.3, 0.4) is 0 Å². The molecule has 1 aromatic carbocycles. The number of ether oxygens (including phenoxy) is 1. The Morgan fingerprint density at radius 1 is 1.19 bits per heavy atom. The van der Waals surface area contributed by atoms with Crippen molar-refractivity contribution < 1.29 is 13.5 Å². The standard InChI is InChI=1S/C17H25F2NO/c1-4-9-20-15-11-16(17(15,5-2)6-3)21-12-7-8-13(18)14(19)10-12/h7-8,10,15-16,20H,4-6,9,11H2,1-3H3. The van der Waals surface area contributed by atoms with Crippen molar-refractivity contribution in [3.63, 3.8) is 0 Å². The van der Waals surface area contributed by atoms with E-state index in [9.17, 15) is 8.78 Å². The number of hydrogen-bond donors (Lipinski definition) is 1. The van der Waals surface area contributed by atoms with Crippen LogP contribution in [0.1, 0.15) is 46.5 Å². The van der Waals surface area contributed by atoms with Crippen molar-refractivity contribution >= 4 is 0 Å². The van der Waals surface area contributed by atoms with Crippen LogP contribution in [0, 0.1) is 17.0 Å². The normalized spacial score (nSPS) is 23.7. The molecule has 1 aliphatic carbocycles. The fourth-order valence-electron chi connectivity index (χ4n) is 3.43. The van der Waals surface area contributed by atoms with E-state index in [2.05, 4.69) is 26.1 Å². The second kappa shape index (κ2) is 6.73. The van der Waals surface area contributed by atoms with E-state index < -0.39 is 11.6 Å². The third kappa shape index (κ3) is 3.05. The molecular formula is C17H25F2NO. The lowest BCUT2D eigenvalue weighted by molar-refractivity contribution is -0.0859. The molecule has 0 spiro atoms. The van der Waals surface area contributed by atoms with Crippen molar-refractivity contribution in [2.75, 3.05) is 6.54 Å². The van der Waals surface area contributed by atoms with Gasteiger partial charge in [-0.25, -0.2) is 8.78 Å². The van der Waals surface area contributed by atoms with Crippen LogP contribution in [0.15, 0.2) is 18.2 Å². The summed E-state index contributed by atoms with van der Waals surface area (Å²) in [5, 5.41) is 3.58. The molecule has 2 rings (SSSR count). The molecule has 2 nitrogen and oxygen atoms in total. The molecule has 2 atom stereocenters. The average molecular weight is 297 g/mol. The van der Waals surface area contributed by atoms with E-state index in [4.69, 9.17) is 4.74 Å². The summed E-state index contributed by atoms with van der Waals surface area (Å²) in [5.74, 6) is -1.28. The van der Waals surface area contributed by atoms with Gasteiger partial charge in [-0.1, -0.05) is 20.8 Å². The van der Waals surface area contributed by atoms with Gasteiger partial charge in [0.25, 0.3) is 0 Å². The first-order chi connectivity index (χ1) is 10.1. The van der Waals surface area contributed by atoms with Gasteiger partial charge in [-0.05, 0) is 37.9 Å². The fraction of sp³-hybridized carbons (Fsp3) is 0.647. The summed E-state index contributed by atoms with van der Waals surface area (Å²) in [4.78, 5) is 0. The number of hydrogen-bond acceptors (Lipinski definition) is 2. The number of benzene rings is 1. The molecule has 0 aliphatic heterocycles. The molecule has 0 radical (unpaired) electrons. The molecule has 21 heavy (non-hydrogen) atoms. The maximum atomic E-state index is 13.3. The SMILES string of the molecule is CCCNC1CC(Oc2ccc(F)c(F)c2)C1(CC)CC. The minimum absolute atomic E-state index is 0.0618. The predicted molar refractivity (Wildman–Crippen MR) is 80.5 cm³/mol. The highest BCUT2D eigenvalue weighted by Crippen LogP contribution is 2.49. The smallest absolute Gasteiger partial charge is 0.162 e. The van der Waals surface area contributed by atoms with Crippen molar-refractivity contribution in [2.45, 2.75) is 58.6 Å².